The van der Waals surface area contributed by atoms with Crippen LogP contribution in [0.1, 0.15) is 12.5 Å². The van der Waals surface area contributed by atoms with Crippen molar-refractivity contribution in [1.29, 1.82) is 0 Å². The van der Waals surface area contributed by atoms with Gasteiger partial charge >= 0.3 is 11.8 Å². The Labute approximate surface area is 195 Å². The molecule has 0 saturated carbocycles. The monoisotopic (exact) mass is 484 g/mol. The Morgan fingerprint density at radius 2 is 1.94 bits per heavy atom. The number of fused-ring (bicyclic) bond motifs is 1. The van der Waals surface area contributed by atoms with Gasteiger partial charge in [-0.05, 0) is 30.7 Å². The molecule has 168 valence electrons. The first-order chi connectivity index (χ1) is 15.9. The molecule has 4 rings (SSSR count). The second kappa shape index (κ2) is 9.39. The Hall–Kier alpha value is -3.76. The maximum absolute atomic E-state index is 12.9. The van der Waals surface area contributed by atoms with Gasteiger partial charge in [-0.1, -0.05) is 35.9 Å². The van der Waals surface area contributed by atoms with Crippen molar-refractivity contribution < 1.29 is 14.3 Å². The van der Waals surface area contributed by atoms with Gasteiger partial charge in [0.25, 0.3) is 5.56 Å². The molecule has 2 heterocycles. The third-order valence-corrected chi connectivity index (χ3v) is 5.71. The van der Waals surface area contributed by atoms with Gasteiger partial charge < -0.3 is 15.0 Å². The highest BCUT2D eigenvalue weighted by molar-refractivity contribution is 7.14. The van der Waals surface area contributed by atoms with Crippen molar-refractivity contribution in [3.63, 3.8) is 0 Å². The van der Waals surface area contributed by atoms with Gasteiger partial charge in [0.1, 0.15) is 0 Å². The molecular weight excluding hydrogens is 468 g/mol. The number of aromatic nitrogens is 3. The summed E-state index contributed by atoms with van der Waals surface area (Å²) in [4.78, 5) is 56.7. The number of carbonyl (C=O) groups is 2. The molecule has 0 bridgehead atoms. The molecule has 0 aliphatic carbocycles. The van der Waals surface area contributed by atoms with Gasteiger partial charge in [-0.3, -0.25) is 9.59 Å². The maximum atomic E-state index is 12.9. The lowest BCUT2D eigenvalue weighted by Crippen LogP contribution is -2.40. The maximum Gasteiger partial charge on any atom is 0.425 e. The van der Waals surface area contributed by atoms with Crippen LogP contribution in [0.15, 0.2) is 57.4 Å². The van der Waals surface area contributed by atoms with Gasteiger partial charge in [-0.25, -0.2) is 14.6 Å². The van der Waals surface area contributed by atoms with Crippen LogP contribution in [0.3, 0.4) is 0 Å². The van der Waals surface area contributed by atoms with E-state index < -0.39 is 23.2 Å². The number of hydrogen-bond donors (Lipinski definition) is 2. The van der Waals surface area contributed by atoms with Gasteiger partial charge in [0.15, 0.2) is 5.13 Å². The Balaban J connectivity index is 1.60. The molecule has 9 nitrogen and oxygen atoms in total. The van der Waals surface area contributed by atoms with E-state index in [9.17, 15) is 19.2 Å². The normalized spacial score (nSPS) is 10.8. The molecule has 2 aromatic carbocycles. The number of halogens is 1. The highest BCUT2D eigenvalue weighted by Gasteiger charge is 2.19. The summed E-state index contributed by atoms with van der Waals surface area (Å²) >= 11 is 7.17. The quantitative estimate of drug-likeness (QED) is 0.445. The first-order valence-corrected chi connectivity index (χ1v) is 11.1. The summed E-state index contributed by atoms with van der Waals surface area (Å²) in [5.74, 6) is -0.409. The fourth-order valence-corrected chi connectivity index (χ4v) is 4.12. The van der Waals surface area contributed by atoms with Gasteiger partial charge in [0.2, 0.25) is 5.91 Å². The Morgan fingerprint density at radius 3 is 2.67 bits per heavy atom. The number of thiazole rings is 1. The zero-order valence-electron chi connectivity index (χ0n) is 17.3. The predicted molar refractivity (Wildman–Crippen MR) is 126 cm³/mol. The molecule has 0 aliphatic rings. The number of H-pyrrole nitrogens is 1. The summed E-state index contributed by atoms with van der Waals surface area (Å²) in [5.41, 5.74) is 0.342. The van der Waals surface area contributed by atoms with Crippen molar-refractivity contribution in [3.05, 3.63) is 79.3 Å². The highest BCUT2D eigenvalue weighted by atomic mass is 35.5. The van der Waals surface area contributed by atoms with Crippen LogP contribution in [0.5, 0.6) is 0 Å². The molecule has 0 spiro atoms. The fourth-order valence-electron chi connectivity index (χ4n) is 3.25. The summed E-state index contributed by atoms with van der Waals surface area (Å²) in [6.45, 7) is 1.56. The second-order valence-corrected chi connectivity index (χ2v) is 8.17. The van der Waals surface area contributed by atoms with Crippen LogP contribution in [0.2, 0.25) is 5.02 Å². The number of hydrogen-bond acceptors (Lipinski definition) is 7. The minimum absolute atomic E-state index is 0.00136. The van der Waals surface area contributed by atoms with E-state index in [1.807, 2.05) is 12.1 Å². The summed E-state index contributed by atoms with van der Waals surface area (Å²) < 4.78 is 5.18. The largest absolute Gasteiger partial charge is 0.449 e. The number of amides is 1. The van der Waals surface area contributed by atoms with E-state index in [4.69, 9.17) is 16.3 Å². The zero-order valence-corrected chi connectivity index (χ0v) is 18.8. The van der Waals surface area contributed by atoms with E-state index in [0.717, 1.165) is 5.56 Å². The van der Waals surface area contributed by atoms with Crippen LogP contribution in [0, 0.1) is 0 Å². The highest BCUT2D eigenvalue weighted by Crippen LogP contribution is 2.26. The third-order valence-electron chi connectivity index (χ3n) is 4.70. The molecule has 1 amide bonds. The minimum Gasteiger partial charge on any atom is -0.449 e. The number of nitrogens with zero attached hydrogens (tertiary/aromatic N) is 2. The first-order valence-electron chi connectivity index (χ1n) is 9.82. The topological polar surface area (TPSA) is 123 Å². The molecule has 0 fully saturated rings. The number of ether oxygens (including phenoxy) is 1. The molecule has 0 unspecified atom stereocenters. The zero-order chi connectivity index (χ0) is 23.5. The number of nitrogens with one attached hydrogen (secondary N) is 2. The summed E-state index contributed by atoms with van der Waals surface area (Å²) in [6, 6.07) is 11.9. The van der Waals surface area contributed by atoms with E-state index in [1.165, 1.54) is 17.4 Å². The lowest BCUT2D eigenvalue weighted by atomic mass is 10.1. The molecule has 2 aromatic heterocycles. The number of carbonyl (C=O) groups excluding carboxylic acids is 2. The van der Waals surface area contributed by atoms with Crippen LogP contribution >= 0.6 is 22.9 Å². The van der Waals surface area contributed by atoms with Crippen LogP contribution in [0.4, 0.5) is 9.93 Å². The molecule has 4 aromatic rings. The molecule has 0 radical (unpaired) electrons. The molecule has 33 heavy (non-hydrogen) atoms. The first kappa shape index (κ1) is 22.4. The van der Waals surface area contributed by atoms with Crippen LogP contribution in [-0.2, 0) is 16.0 Å². The predicted octanol–water partition coefficient (Wildman–Crippen LogP) is 3.65. The smallest absolute Gasteiger partial charge is 0.425 e. The van der Waals surface area contributed by atoms with E-state index in [2.05, 4.69) is 15.3 Å². The lowest BCUT2D eigenvalue weighted by Gasteiger charge is -2.09. The van der Waals surface area contributed by atoms with Gasteiger partial charge in [-0.2, -0.15) is 4.57 Å². The second-order valence-electron chi connectivity index (χ2n) is 6.88. The van der Waals surface area contributed by atoms with E-state index in [0.29, 0.717) is 26.0 Å². The van der Waals surface area contributed by atoms with Crippen molar-refractivity contribution in [2.45, 2.75) is 13.3 Å². The van der Waals surface area contributed by atoms with E-state index in [-0.39, 0.29) is 23.9 Å². The lowest BCUT2D eigenvalue weighted by molar-refractivity contribution is -0.115. The molecule has 11 heteroatoms. The number of aromatic amines is 1. The van der Waals surface area contributed by atoms with Crippen LogP contribution in [-0.4, -0.2) is 33.1 Å². The molecule has 2 N–H and O–H groups in total. The SMILES string of the molecule is CCOC(=O)n1c(=O)[nH]c2cccc(CC(=O)Nc3nc(-c4ccc(Cl)cc4)cs3)c2c1=O. The van der Waals surface area contributed by atoms with E-state index in [1.54, 1.807) is 36.6 Å². The molecular formula is C22H17ClN4O5S. The van der Waals surface area contributed by atoms with Crippen LogP contribution < -0.4 is 16.6 Å². The number of anilines is 1. The Bertz CT molecular complexity index is 1470. The summed E-state index contributed by atoms with van der Waals surface area (Å²) in [7, 11) is 0. The standard InChI is InChI=1S/C22H17ClN4O5S/c1-2-32-22(31)27-19(29)18-13(4-3-5-15(18)25-21(27)30)10-17(28)26-20-24-16(11-33-20)12-6-8-14(23)9-7-12/h3-9,11H,2,10H2,1H3,(H,25,30)(H,24,26,28). The average molecular weight is 485 g/mol. The minimum atomic E-state index is -1.08. The molecule has 0 saturated heterocycles. The van der Waals surface area contributed by atoms with Crippen molar-refractivity contribution in [2.24, 2.45) is 0 Å². The number of rotatable bonds is 5. The van der Waals surface area contributed by atoms with Crippen molar-refractivity contribution in [1.82, 2.24) is 14.5 Å². The summed E-state index contributed by atoms with van der Waals surface area (Å²) in [5, 5.41) is 5.58. The third kappa shape index (κ3) is 4.71. The number of benzene rings is 2. The van der Waals surface area contributed by atoms with Gasteiger partial charge in [-0.15, -0.1) is 11.3 Å². The van der Waals surface area contributed by atoms with E-state index >= 15 is 0 Å². The average Bonchev–Trinajstić information content (AvgIpc) is 3.22. The van der Waals surface area contributed by atoms with Crippen LogP contribution in [0.25, 0.3) is 22.2 Å². The molecule has 0 aliphatic heterocycles. The van der Waals surface area contributed by atoms with Gasteiger partial charge in [0, 0.05) is 16.0 Å². The van der Waals surface area contributed by atoms with Crippen molar-refractivity contribution >= 4 is 51.0 Å². The Morgan fingerprint density at radius 1 is 1.18 bits per heavy atom. The van der Waals surface area contributed by atoms with Crippen molar-refractivity contribution in [3.8, 4) is 11.3 Å². The van der Waals surface area contributed by atoms with Crippen molar-refractivity contribution in [2.75, 3.05) is 11.9 Å². The summed E-state index contributed by atoms with van der Waals surface area (Å²) in [6.07, 6.45) is -1.25. The van der Waals surface area contributed by atoms with Gasteiger partial charge in [0.05, 0.1) is 29.6 Å². The molecule has 0 atom stereocenters. The Kier molecular flexibility index (Phi) is 6.38. The fraction of sp³-hybridized carbons (Fsp3) is 0.136.